The van der Waals surface area contributed by atoms with Gasteiger partial charge in [-0.25, -0.2) is 4.79 Å². The third kappa shape index (κ3) is 4.53. The molecule has 20 heavy (non-hydrogen) atoms. The summed E-state index contributed by atoms with van der Waals surface area (Å²) in [5, 5.41) is 12.1. The molecule has 2 N–H and O–H groups in total. The topological polar surface area (TPSA) is 82.5 Å². The molecule has 1 aromatic heterocycles. The second-order valence-electron chi connectivity index (χ2n) is 4.81. The Kier molecular flexibility index (Phi) is 5.96. The van der Waals surface area contributed by atoms with Crippen molar-refractivity contribution in [2.75, 3.05) is 19.4 Å². The Morgan fingerprint density at radius 2 is 2.15 bits per heavy atom. The van der Waals surface area contributed by atoms with Crippen molar-refractivity contribution in [3.05, 3.63) is 24.0 Å². The molecule has 1 atom stereocenters. The second-order valence-corrected chi connectivity index (χ2v) is 4.81. The van der Waals surface area contributed by atoms with E-state index in [4.69, 9.17) is 0 Å². The number of aliphatic carboxylic acids is 1. The van der Waals surface area contributed by atoms with Gasteiger partial charge in [0.2, 0.25) is 0 Å². The maximum absolute atomic E-state index is 11.8. The number of aromatic nitrogens is 1. The van der Waals surface area contributed by atoms with Gasteiger partial charge in [-0.15, -0.1) is 0 Å². The summed E-state index contributed by atoms with van der Waals surface area (Å²) in [4.78, 5) is 28.4. The molecule has 1 aromatic rings. The summed E-state index contributed by atoms with van der Waals surface area (Å²) in [6, 6.07) is 2.58. The Balaban J connectivity index is 2.83. The Morgan fingerprint density at radius 3 is 2.70 bits per heavy atom. The highest BCUT2D eigenvalue weighted by Crippen LogP contribution is 2.13. The van der Waals surface area contributed by atoms with Crippen LogP contribution in [0.2, 0.25) is 0 Å². The van der Waals surface area contributed by atoms with Gasteiger partial charge in [-0.05, 0) is 18.6 Å². The van der Waals surface area contributed by atoms with Crippen LogP contribution < -0.4 is 5.32 Å². The lowest BCUT2D eigenvalue weighted by molar-refractivity contribution is -0.138. The smallest absolute Gasteiger partial charge is 0.326 e. The van der Waals surface area contributed by atoms with E-state index >= 15 is 0 Å². The molecule has 6 heteroatoms. The Hall–Kier alpha value is -2.11. The van der Waals surface area contributed by atoms with E-state index in [9.17, 15) is 14.7 Å². The maximum atomic E-state index is 11.8. The zero-order valence-corrected chi connectivity index (χ0v) is 12.1. The monoisotopic (exact) mass is 279 g/mol. The molecule has 0 spiro atoms. The highest BCUT2D eigenvalue weighted by molar-refractivity contribution is 5.92. The van der Waals surface area contributed by atoms with Crippen molar-refractivity contribution in [3.63, 3.8) is 0 Å². The number of anilines is 1. The summed E-state index contributed by atoms with van der Waals surface area (Å²) < 4.78 is 0. The normalized spacial score (nSPS) is 11.8. The molecule has 1 unspecified atom stereocenters. The zero-order chi connectivity index (χ0) is 15.1. The maximum Gasteiger partial charge on any atom is 0.326 e. The fraction of sp³-hybridized carbons (Fsp3) is 0.500. The van der Waals surface area contributed by atoms with Crippen molar-refractivity contribution in [2.45, 2.75) is 32.2 Å². The van der Waals surface area contributed by atoms with E-state index in [1.807, 2.05) is 6.92 Å². The predicted octanol–water partition coefficient (Wildman–Crippen LogP) is 1.84. The lowest BCUT2D eigenvalue weighted by Crippen LogP contribution is -2.29. The average molecular weight is 279 g/mol. The van der Waals surface area contributed by atoms with Gasteiger partial charge in [0.05, 0.1) is 0 Å². The summed E-state index contributed by atoms with van der Waals surface area (Å²) in [5.74, 6) is -1.11. The third-order valence-electron chi connectivity index (χ3n) is 2.87. The third-order valence-corrected chi connectivity index (χ3v) is 2.87. The first-order chi connectivity index (χ1) is 9.45. The van der Waals surface area contributed by atoms with Crippen LogP contribution in [0.4, 0.5) is 5.69 Å². The molecule has 0 saturated carbocycles. The van der Waals surface area contributed by atoms with Crippen molar-refractivity contribution in [3.8, 4) is 0 Å². The zero-order valence-electron chi connectivity index (χ0n) is 12.1. The minimum atomic E-state index is -0.893. The number of carbonyl (C=O) groups excluding carboxylic acids is 1. The number of unbranched alkanes of at least 4 members (excludes halogenated alkanes) is 1. The van der Waals surface area contributed by atoms with Gasteiger partial charge >= 0.3 is 5.97 Å². The second kappa shape index (κ2) is 7.47. The van der Waals surface area contributed by atoms with Crippen LogP contribution >= 0.6 is 0 Å². The van der Waals surface area contributed by atoms with Crippen LogP contribution in [0.25, 0.3) is 0 Å². The van der Waals surface area contributed by atoms with E-state index in [2.05, 4.69) is 10.3 Å². The summed E-state index contributed by atoms with van der Waals surface area (Å²) in [6.07, 6.45) is 3.81. The molecule has 110 valence electrons. The number of pyridine rings is 1. The standard InChI is InChI=1S/C14H21N3O3/c1-4-5-6-11(14(19)20)16-10-7-8-15-12(9-10)13(18)17(2)3/h7-9,11H,4-6H2,1-3H3,(H,15,16)(H,19,20). The largest absolute Gasteiger partial charge is 0.480 e. The molecule has 0 aliphatic carbocycles. The number of carboxylic acids is 1. The van der Waals surface area contributed by atoms with Crippen molar-refractivity contribution < 1.29 is 14.7 Å². The van der Waals surface area contributed by atoms with E-state index in [0.717, 1.165) is 12.8 Å². The van der Waals surface area contributed by atoms with Crippen LogP contribution in [0.5, 0.6) is 0 Å². The molecule has 0 aromatic carbocycles. The number of rotatable bonds is 7. The Labute approximate surface area is 118 Å². The summed E-state index contributed by atoms with van der Waals surface area (Å²) >= 11 is 0. The fourth-order valence-electron chi connectivity index (χ4n) is 1.73. The number of amides is 1. The van der Waals surface area contributed by atoms with Crippen molar-refractivity contribution in [1.29, 1.82) is 0 Å². The quantitative estimate of drug-likeness (QED) is 0.795. The molecular weight excluding hydrogens is 258 g/mol. The van der Waals surface area contributed by atoms with Crippen molar-refractivity contribution in [2.24, 2.45) is 0 Å². The molecule has 0 aliphatic heterocycles. The van der Waals surface area contributed by atoms with Gasteiger partial charge in [-0.1, -0.05) is 19.8 Å². The Morgan fingerprint density at radius 1 is 1.45 bits per heavy atom. The number of nitrogens with one attached hydrogen (secondary N) is 1. The van der Waals surface area contributed by atoms with Gasteiger partial charge < -0.3 is 15.3 Å². The molecule has 0 aliphatic rings. The summed E-state index contributed by atoms with van der Waals surface area (Å²) in [6.45, 7) is 2.01. The van der Waals surface area contributed by atoms with Gasteiger partial charge in [0.25, 0.3) is 5.91 Å². The molecule has 1 heterocycles. The van der Waals surface area contributed by atoms with E-state index in [1.165, 1.54) is 11.1 Å². The number of hydrogen-bond donors (Lipinski definition) is 2. The van der Waals surface area contributed by atoms with Crippen LogP contribution in [-0.2, 0) is 4.79 Å². The van der Waals surface area contributed by atoms with Gasteiger partial charge in [0.1, 0.15) is 11.7 Å². The Bertz CT molecular complexity index is 474. The van der Waals surface area contributed by atoms with Crippen molar-refractivity contribution >= 4 is 17.6 Å². The van der Waals surface area contributed by atoms with Gasteiger partial charge in [-0.3, -0.25) is 9.78 Å². The van der Waals surface area contributed by atoms with E-state index in [1.54, 1.807) is 26.2 Å². The number of hydrogen-bond acceptors (Lipinski definition) is 4. The minimum Gasteiger partial charge on any atom is -0.480 e. The van der Waals surface area contributed by atoms with Crippen LogP contribution in [0.1, 0.15) is 36.7 Å². The number of carbonyl (C=O) groups is 2. The molecule has 1 rings (SSSR count). The van der Waals surface area contributed by atoms with Crippen LogP contribution in [0.3, 0.4) is 0 Å². The van der Waals surface area contributed by atoms with Crippen LogP contribution in [0.15, 0.2) is 18.3 Å². The average Bonchev–Trinajstić information content (AvgIpc) is 2.42. The lowest BCUT2D eigenvalue weighted by Gasteiger charge is -2.16. The highest BCUT2D eigenvalue weighted by Gasteiger charge is 2.17. The van der Waals surface area contributed by atoms with Crippen molar-refractivity contribution in [1.82, 2.24) is 9.88 Å². The lowest BCUT2D eigenvalue weighted by atomic mass is 10.1. The van der Waals surface area contributed by atoms with Gasteiger partial charge in [0.15, 0.2) is 0 Å². The molecule has 0 bridgehead atoms. The first kappa shape index (κ1) is 15.9. The van der Waals surface area contributed by atoms with Crippen LogP contribution in [0, 0.1) is 0 Å². The van der Waals surface area contributed by atoms with E-state index in [-0.39, 0.29) is 5.91 Å². The van der Waals surface area contributed by atoms with E-state index < -0.39 is 12.0 Å². The molecule has 6 nitrogen and oxygen atoms in total. The fourth-order valence-corrected chi connectivity index (χ4v) is 1.73. The highest BCUT2D eigenvalue weighted by atomic mass is 16.4. The predicted molar refractivity (Wildman–Crippen MR) is 76.8 cm³/mol. The molecule has 1 amide bonds. The van der Waals surface area contributed by atoms with Gasteiger partial charge in [0, 0.05) is 26.0 Å². The number of carboxylic acid groups (broad SMARTS) is 1. The molecule has 0 radical (unpaired) electrons. The minimum absolute atomic E-state index is 0.214. The first-order valence-corrected chi connectivity index (χ1v) is 6.62. The summed E-state index contributed by atoms with van der Waals surface area (Å²) in [5.41, 5.74) is 0.883. The number of nitrogens with zero attached hydrogens (tertiary/aromatic N) is 2. The molecule has 0 fully saturated rings. The summed E-state index contributed by atoms with van der Waals surface area (Å²) in [7, 11) is 3.29. The van der Waals surface area contributed by atoms with Gasteiger partial charge in [-0.2, -0.15) is 0 Å². The molecule has 0 saturated heterocycles. The van der Waals surface area contributed by atoms with E-state index in [0.29, 0.717) is 17.8 Å². The SMILES string of the molecule is CCCCC(Nc1ccnc(C(=O)N(C)C)c1)C(=O)O. The van der Waals surface area contributed by atoms with Crippen LogP contribution in [-0.4, -0.2) is 47.0 Å². The molecular formula is C14H21N3O3. The first-order valence-electron chi connectivity index (χ1n) is 6.62.